The number of benzene rings is 2. The van der Waals surface area contributed by atoms with Gasteiger partial charge in [-0.15, -0.1) is 0 Å². The topological polar surface area (TPSA) is 114 Å². The molecule has 3 rings (SSSR count). The van der Waals surface area contributed by atoms with Crippen LogP contribution in [0, 0.1) is 5.41 Å². The molecule has 0 radical (unpaired) electrons. The van der Waals surface area contributed by atoms with E-state index in [-0.39, 0.29) is 25.7 Å². The summed E-state index contributed by atoms with van der Waals surface area (Å²) in [6.45, 7) is 3.66. The SMILES string of the molecule is COCC(NC(=O)C(C)(C)CCNC(=O)OCC1c2ccccc2-c2ccccc21)C(=O)O. The maximum Gasteiger partial charge on any atom is 0.407 e. The number of nitrogens with one attached hydrogen (secondary N) is 2. The summed E-state index contributed by atoms with van der Waals surface area (Å²) in [5.74, 6) is -1.63. The van der Waals surface area contributed by atoms with Gasteiger partial charge in [0.15, 0.2) is 6.04 Å². The molecule has 3 N–H and O–H groups in total. The highest BCUT2D eigenvalue weighted by atomic mass is 16.5. The number of carboxylic acid groups (broad SMARTS) is 1. The van der Waals surface area contributed by atoms with Crippen molar-refractivity contribution in [3.05, 3.63) is 59.7 Å². The van der Waals surface area contributed by atoms with Crippen molar-refractivity contribution in [2.75, 3.05) is 26.9 Å². The number of hydrogen-bond donors (Lipinski definition) is 3. The van der Waals surface area contributed by atoms with Crippen molar-refractivity contribution in [2.45, 2.75) is 32.2 Å². The molecule has 1 atom stereocenters. The molecule has 1 unspecified atom stereocenters. The molecule has 8 nitrogen and oxygen atoms in total. The summed E-state index contributed by atoms with van der Waals surface area (Å²) in [7, 11) is 1.37. The molecule has 0 aromatic heterocycles. The standard InChI is InChI=1S/C25H30N2O6/c1-25(2,23(30)27-21(15-32-3)22(28)29)12-13-26-24(31)33-14-20-18-10-6-4-8-16(18)17-9-5-7-11-19(17)20/h4-11,20-21H,12-15H2,1-3H3,(H,26,31)(H,27,30)(H,28,29). The molecule has 0 heterocycles. The lowest BCUT2D eigenvalue weighted by Gasteiger charge is -2.25. The van der Waals surface area contributed by atoms with E-state index < -0.39 is 29.4 Å². The summed E-state index contributed by atoms with van der Waals surface area (Å²) in [5, 5.41) is 14.3. The van der Waals surface area contributed by atoms with E-state index in [0.717, 1.165) is 22.3 Å². The Morgan fingerprint density at radius 1 is 1.03 bits per heavy atom. The number of fused-ring (bicyclic) bond motifs is 3. The van der Waals surface area contributed by atoms with Crippen LogP contribution in [0.15, 0.2) is 48.5 Å². The van der Waals surface area contributed by atoms with E-state index in [1.165, 1.54) is 7.11 Å². The lowest BCUT2D eigenvalue weighted by atomic mass is 9.88. The van der Waals surface area contributed by atoms with Crippen LogP contribution in [0.3, 0.4) is 0 Å². The average molecular weight is 455 g/mol. The van der Waals surface area contributed by atoms with E-state index >= 15 is 0 Å². The number of alkyl carbamates (subject to hydrolysis) is 1. The smallest absolute Gasteiger partial charge is 0.407 e. The number of ether oxygens (including phenoxy) is 2. The lowest BCUT2D eigenvalue weighted by Crippen LogP contribution is -2.49. The van der Waals surface area contributed by atoms with Crippen molar-refractivity contribution in [2.24, 2.45) is 5.41 Å². The molecular weight excluding hydrogens is 424 g/mol. The first-order valence-corrected chi connectivity index (χ1v) is 10.9. The van der Waals surface area contributed by atoms with E-state index in [1.807, 2.05) is 24.3 Å². The van der Waals surface area contributed by atoms with Gasteiger partial charge in [0.1, 0.15) is 6.61 Å². The Kier molecular flexibility index (Phi) is 7.71. The lowest BCUT2D eigenvalue weighted by molar-refractivity contribution is -0.145. The highest BCUT2D eigenvalue weighted by Gasteiger charge is 2.32. The number of carboxylic acids is 1. The van der Waals surface area contributed by atoms with Crippen molar-refractivity contribution in [1.82, 2.24) is 10.6 Å². The van der Waals surface area contributed by atoms with Gasteiger partial charge in [0.2, 0.25) is 5.91 Å². The fourth-order valence-corrected chi connectivity index (χ4v) is 3.94. The molecule has 0 saturated heterocycles. The largest absolute Gasteiger partial charge is 0.480 e. The van der Waals surface area contributed by atoms with Gasteiger partial charge >= 0.3 is 12.1 Å². The van der Waals surface area contributed by atoms with Gasteiger partial charge in [-0.25, -0.2) is 9.59 Å². The van der Waals surface area contributed by atoms with Gasteiger partial charge in [0.05, 0.1) is 6.61 Å². The summed E-state index contributed by atoms with van der Waals surface area (Å²) < 4.78 is 10.3. The summed E-state index contributed by atoms with van der Waals surface area (Å²) in [5.41, 5.74) is 3.69. The second-order valence-electron chi connectivity index (χ2n) is 8.71. The number of rotatable bonds is 10. The summed E-state index contributed by atoms with van der Waals surface area (Å²) in [6.07, 6.45) is -0.251. The Morgan fingerprint density at radius 3 is 2.15 bits per heavy atom. The third-order valence-electron chi connectivity index (χ3n) is 5.91. The molecule has 0 spiro atoms. The third kappa shape index (κ3) is 5.70. The van der Waals surface area contributed by atoms with Crippen LogP contribution < -0.4 is 10.6 Å². The number of amides is 2. The Labute approximate surface area is 193 Å². The zero-order valence-electron chi connectivity index (χ0n) is 19.1. The van der Waals surface area contributed by atoms with Crippen LogP contribution >= 0.6 is 0 Å². The molecule has 0 fully saturated rings. The van der Waals surface area contributed by atoms with Crippen LogP contribution in [-0.2, 0) is 19.1 Å². The highest BCUT2D eigenvalue weighted by Crippen LogP contribution is 2.44. The molecule has 176 valence electrons. The fourth-order valence-electron chi connectivity index (χ4n) is 3.94. The van der Waals surface area contributed by atoms with E-state index in [4.69, 9.17) is 9.47 Å². The van der Waals surface area contributed by atoms with Crippen LogP contribution in [0.2, 0.25) is 0 Å². The van der Waals surface area contributed by atoms with Gasteiger partial charge in [0.25, 0.3) is 0 Å². The Balaban J connectivity index is 1.50. The van der Waals surface area contributed by atoms with Crippen molar-refractivity contribution in [3.8, 4) is 11.1 Å². The molecule has 0 aliphatic heterocycles. The Morgan fingerprint density at radius 2 is 1.61 bits per heavy atom. The van der Waals surface area contributed by atoms with E-state index in [0.29, 0.717) is 6.42 Å². The summed E-state index contributed by atoms with van der Waals surface area (Å²) in [6, 6.07) is 15.1. The van der Waals surface area contributed by atoms with Crippen LogP contribution in [-0.4, -0.2) is 56.0 Å². The molecule has 2 amide bonds. The summed E-state index contributed by atoms with van der Waals surface area (Å²) >= 11 is 0. The van der Waals surface area contributed by atoms with E-state index in [9.17, 15) is 19.5 Å². The normalized spacial score (nSPS) is 13.5. The van der Waals surface area contributed by atoms with Gasteiger partial charge in [-0.3, -0.25) is 4.79 Å². The molecule has 0 bridgehead atoms. The van der Waals surface area contributed by atoms with Gasteiger partial charge in [-0.2, -0.15) is 0 Å². The minimum absolute atomic E-state index is 0.0286. The first-order chi connectivity index (χ1) is 15.7. The minimum Gasteiger partial charge on any atom is -0.480 e. The average Bonchev–Trinajstić information content (AvgIpc) is 3.11. The fraction of sp³-hybridized carbons (Fsp3) is 0.400. The Hall–Kier alpha value is -3.39. The first-order valence-electron chi connectivity index (χ1n) is 10.9. The molecule has 0 saturated carbocycles. The van der Waals surface area contributed by atoms with Gasteiger partial charge in [0, 0.05) is 25.0 Å². The number of carbonyl (C=O) groups excluding carboxylic acids is 2. The molecular formula is C25H30N2O6. The molecule has 2 aromatic carbocycles. The van der Waals surface area contributed by atoms with Gasteiger partial charge in [-0.05, 0) is 28.7 Å². The molecule has 1 aliphatic carbocycles. The number of methoxy groups -OCH3 is 1. The first kappa shape index (κ1) is 24.3. The van der Waals surface area contributed by atoms with Crippen molar-refractivity contribution >= 4 is 18.0 Å². The predicted molar refractivity (Wildman–Crippen MR) is 123 cm³/mol. The molecule has 8 heteroatoms. The quantitative estimate of drug-likeness (QED) is 0.508. The van der Waals surface area contributed by atoms with Crippen LogP contribution in [0.5, 0.6) is 0 Å². The van der Waals surface area contributed by atoms with Gasteiger partial charge < -0.3 is 25.2 Å². The summed E-state index contributed by atoms with van der Waals surface area (Å²) in [4.78, 5) is 36.0. The van der Waals surface area contributed by atoms with Crippen molar-refractivity contribution in [3.63, 3.8) is 0 Å². The van der Waals surface area contributed by atoms with Crippen molar-refractivity contribution in [1.29, 1.82) is 0 Å². The van der Waals surface area contributed by atoms with Gasteiger partial charge in [-0.1, -0.05) is 62.4 Å². The maximum absolute atomic E-state index is 12.5. The van der Waals surface area contributed by atoms with E-state index in [2.05, 4.69) is 34.9 Å². The zero-order chi connectivity index (χ0) is 24.0. The van der Waals surface area contributed by atoms with Crippen LogP contribution in [0.4, 0.5) is 4.79 Å². The number of aliphatic carboxylic acids is 1. The second kappa shape index (κ2) is 10.5. The van der Waals surface area contributed by atoms with Crippen LogP contribution in [0.1, 0.15) is 37.3 Å². The Bertz CT molecular complexity index is 974. The molecule has 2 aromatic rings. The maximum atomic E-state index is 12.5. The predicted octanol–water partition coefficient (Wildman–Crippen LogP) is 3.16. The number of carbonyl (C=O) groups is 3. The van der Waals surface area contributed by atoms with E-state index in [1.54, 1.807) is 13.8 Å². The zero-order valence-corrected chi connectivity index (χ0v) is 19.1. The molecule has 33 heavy (non-hydrogen) atoms. The van der Waals surface area contributed by atoms with Crippen LogP contribution in [0.25, 0.3) is 11.1 Å². The minimum atomic E-state index is -1.17. The third-order valence-corrected chi connectivity index (χ3v) is 5.91. The second-order valence-corrected chi connectivity index (χ2v) is 8.71. The molecule has 1 aliphatic rings. The monoisotopic (exact) mass is 454 g/mol. The number of hydrogen-bond acceptors (Lipinski definition) is 5. The highest BCUT2D eigenvalue weighted by molar-refractivity contribution is 5.87. The van der Waals surface area contributed by atoms with Crippen molar-refractivity contribution < 1.29 is 29.0 Å².